The highest BCUT2D eigenvalue weighted by molar-refractivity contribution is 5.78. The molecule has 0 N–H and O–H groups in total. The van der Waals surface area contributed by atoms with Gasteiger partial charge in [-0.05, 0) is 37.3 Å². The molecule has 5 heteroatoms. The van der Waals surface area contributed by atoms with E-state index in [9.17, 15) is 13.6 Å². The molecule has 0 bridgehead atoms. The molecule has 0 aliphatic carbocycles. The molecule has 20 heavy (non-hydrogen) atoms. The molecule has 0 aliphatic heterocycles. The van der Waals surface area contributed by atoms with Gasteiger partial charge in [0.1, 0.15) is 17.5 Å². The van der Waals surface area contributed by atoms with Crippen molar-refractivity contribution in [2.45, 2.75) is 6.92 Å². The minimum atomic E-state index is -0.452. The van der Waals surface area contributed by atoms with Crippen molar-refractivity contribution in [3.8, 4) is 5.69 Å². The number of benzene rings is 2. The van der Waals surface area contributed by atoms with E-state index in [4.69, 9.17) is 0 Å². The molecule has 2 aromatic carbocycles. The molecular weight excluding hydrogens is 262 g/mol. The maximum absolute atomic E-state index is 13.3. The van der Waals surface area contributed by atoms with Gasteiger partial charge in [0, 0.05) is 6.07 Å². The van der Waals surface area contributed by atoms with Gasteiger partial charge in [-0.3, -0.25) is 9.36 Å². The highest BCUT2D eigenvalue weighted by Gasteiger charge is 2.10. The van der Waals surface area contributed by atoms with E-state index >= 15 is 0 Å². The number of nitrogens with zero attached hydrogens (tertiary/aromatic N) is 2. The van der Waals surface area contributed by atoms with Crippen LogP contribution in [0.3, 0.4) is 0 Å². The van der Waals surface area contributed by atoms with Gasteiger partial charge in [0.25, 0.3) is 5.56 Å². The number of hydrogen-bond donors (Lipinski definition) is 0. The molecular formula is C15H10F2N2O. The van der Waals surface area contributed by atoms with Crippen molar-refractivity contribution in [2.75, 3.05) is 0 Å². The summed E-state index contributed by atoms with van der Waals surface area (Å²) >= 11 is 0. The van der Waals surface area contributed by atoms with Crippen LogP contribution in [0.5, 0.6) is 0 Å². The van der Waals surface area contributed by atoms with Crippen LogP contribution in [-0.4, -0.2) is 9.55 Å². The molecule has 0 saturated heterocycles. The fourth-order valence-corrected chi connectivity index (χ4v) is 2.19. The lowest BCUT2D eigenvalue weighted by atomic mass is 10.2. The fraction of sp³-hybridized carbons (Fsp3) is 0.0667. The Hall–Kier alpha value is -2.56. The molecule has 3 aromatic rings. The van der Waals surface area contributed by atoms with Crippen molar-refractivity contribution in [3.05, 3.63) is 70.3 Å². The van der Waals surface area contributed by atoms with Crippen molar-refractivity contribution in [2.24, 2.45) is 0 Å². The second-order valence-corrected chi connectivity index (χ2v) is 4.44. The summed E-state index contributed by atoms with van der Waals surface area (Å²) < 4.78 is 27.8. The Balaban J connectivity index is 2.37. The van der Waals surface area contributed by atoms with Crippen LogP contribution in [0.25, 0.3) is 16.6 Å². The third-order valence-corrected chi connectivity index (χ3v) is 3.07. The van der Waals surface area contributed by atoms with Crippen molar-refractivity contribution in [1.82, 2.24) is 9.55 Å². The Labute approximate surface area is 113 Å². The molecule has 0 atom stereocenters. The van der Waals surface area contributed by atoms with Crippen molar-refractivity contribution in [3.63, 3.8) is 0 Å². The lowest BCUT2D eigenvalue weighted by molar-refractivity contribution is 0.626. The van der Waals surface area contributed by atoms with E-state index in [0.29, 0.717) is 22.4 Å². The Kier molecular flexibility index (Phi) is 2.82. The molecule has 0 aliphatic rings. The van der Waals surface area contributed by atoms with E-state index in [1.165, 1.54) is 41.0 Å². The third-order valence-electron chi connectivity index (χ3n) is 3.07. The minimum Gasteiger partial charge on any atom is -0.268 e. The average molecular weight is 272 g/mol. The topological polar surface area (TPSA) is 34.9 Å². The monoisotopic (exact) mass is 272 g/mol. The van der Waals surface area contributed by atoms with Gasteiger partial charge in [-0.15, -0.1) is 0 Å². The molecule has 0 spiro atoms. The molecule has 3 rings (SSSR count). The molecule has 0 radical (unpaired) electrons. The third kappa shape index (κ3) is 1.97. The zero-order valence-electron chi connectivity index (χ0n) is 10.6. The number of rotatable bonds is 1. The van der Waals surface area contributed by atoms with E-state index in [1.807, 2.05) is 0 Å². The number of fused-ring (bicyclic) bond motifs is 1. The van der Waals surface area contributed by atoms with Crippen molar-refractivity contribution < 1.29 is 8.78 Å². The lowest BCUT2D eigenvalue weighted by Gasteiger charge is -2.10. The van der Waals surface area contributed by atoms with E-state index < -0.39 is 11.6 Å². The van der Waals surface area contributed by atoms with Gasteiger partial charge in [0.15, 0.2) is 0 Å². The van der Waals surface area contributed by atoms with Crippen LogP contribution < -0.4 is 5.56 Å². The second kappa shape index (κ2) is 4.52. The summed E-state index contributed by atoms with van der Waals surface area (Å²) in [4.78, 5) is 16.7. The first-order chi connectivity index (χ1) is 9.56. The SMILES string of the molecule is Cc1nc2cc(F)ccc2c(=O)n1-c1cccc(F)c1. The second-order valence-electron chi connectivity index (χ2n) is 4.44. The van der Waals surface area contributed by atoms with Crippen molar-refractivity contribution >= 4 is 10.9 Å². The van der Waals surface area contributed by atoms with Crippen LogP contribution in [0.4, 0.5) is 8.78 Å². The molecule has 0 saturated carbocycles. The van der Waals surface area contributed by atoms with Gasteiger partial charge in [-0.1, -0.05) is 6.07 Å². The van der Waals surface area contributed by atoms with E-state index in [-0.39, 0.29) is 5.56 Å². The average Bonchev–Trinajstić information content (AvgIpc) is 2.38. The number of aryl methyl sites for hydroxylation is 1. The first-order valence-electron chi connectivity index (χ1n) is 6.01. The fourth-order valence-electron chi connectivity index (χ4n) is 2.19. The molecule has 3 nitrogen and oxygen atoms in total. The van der Waals surface area contributed by atoms with E-state index in [1.54, 1.807) is 13.0 Å². The highest BCUT2D eigenvalue weighted by atomic mass is 19.1. The van der Waals surface area contributed by atoms with E-state index in [0.717, 1.165) is 0 Å². The summed E-state index contributed by atoms with van der Waals surface area (Å²) in [5.74, 6) is -0.515. The first-order valence-corrected chi connectivity index (χ1v) is 6.01. The minimum absolute atomic E-state index is 0.292. The van der Waals surface area contributed by atoms with Gasteiger partial charge >= 0.3 is 0 Å². The molecule has 1 heterocycles. The normalized spacial score (nSPS) is 10.9. The summed E-state index contributed by atoms with van der Waals surface area (Å²) in [7, 11) is 0. The smallest absolute Gasteiger partial charge is 0.265 e. The number of aromatic nitrogens is 2. The van der Waals surface area contributed by atoms with Gasteiger partial charge < -0.3 is 0 Å². The summed E-state index contributed by atoms with van der Waals surface area (Å²) in [6.07, 6.45) is 0. The zero-order chi connectivity index (χ0) is 14.3. The summed E-state index contributed by atoms with van der Waals surface area (Å²) in [5, 5.41) is 0.293. The van der Waals surface area contributed by atoms with Crippen molar-refractivity contribution in [1.29, 1.82) is 0 Å². The Morgan fingerprint density at radius 2 is 1.80 bits per heavy atom. The van der Waals surface area contributed by atoms with Crippen LogP contribution in [0.1, 0.15) is 5.82 Å². The molecule has 100 valence electrons. The van der Waals surface area contributed by atoms with Gasteiger partial charge in [-0.2, -0.15) is 0 Å². The van der Waals surface area contributed by atoms with Crippen LogP contribution in [-0.2, 0) is 0 Å². The maximum atomic E-state index is 13.3. The quantitative estimate of drug-likeness (QED) is 0.682. The Bertz CT molecular complexity index is 871. The zero-order valence-corrected chi connectivity index (χ0v) is 10.6. The van der Waals surface area contributed by atoms with Crippen LogP contribution >= 0.6 is 0 Å². The van der Waals surface area contributed by atoms with Gasteiger partial charge in [0.05, 0.1) is 16.6 Å². The molecule has 0 unspecified atom stereocenters. The lowest BCUT2D eigenvalue weighted by Crippen LogP contribution is -2.22. The molecule has 0 fully saturated rings. The Morgan fingerprint density at radius 3 is 2.55 bits per heavy atom. The van der Waals surface area contributed by atoms with Gasteiger partial charge in [-0.25, -0.2) is 13.8 Å². The predicted octanol–water partition coefficient (Wildman–Crippen LogP) is 2.97. The Morgan fingerprint density at radius 1 is 1.05 bits per heavy atom. The first kappa shape index (κ1) is 12.5. The van der Waals surface area contributed by atoms with Crippen LogP contribution in [0.15, 0.2) is 47.3 Å². The van der Waals surface area contributed by atoms with Crippen LogP contribution in [0.2, 0.25) is 0 Å². The predicted molar refractivity (Wildman–Crippen MR) is 72.0 cm³/mol. The maximum Gasteiger partial charge on any atom is 0.265 e. The van der Waals surface area contributed by atoms with Crippen LogP contribution in [0, 0.1) is 18.6 Å². The summed E-state index contributed by atoms with van der Waals surface area (Å²) in [5.41, 5.74) is 0.337. The summed E-state index contributed by atoms with van der Waals surface area (Å²) in [6.45, 7) is 1.62. The van der Waals surface area contributed by atoms with E-state index in [2.05, 4.69) is 4.98 Å². The number of halogens is 2. The van der Waals surface area contributed by atoms with Gasteiger partial charge in [0.2, 0.25) is 0 Å². The number of hydrogen-bond acceptors (Lipinski definition) is 2. The molecule has 1 aromatic heterocycles. The standard InChI is InChI=1S/C15H10F2N2O/c1-9-18-14-8-11(17)5-6-13(14)15(20)19(9)12-4-2-3-10(16)7-12/h2-8H,1H3. The largest absolute Gasteiger partial charge is 0.268 e. The highest BCUT2D eigenvalue weighted by Crippen LogP contribution is 2.14. The molecule has 0 amide bonds. The summed E-state index contributed by atoms with van der Waals surface area (Å²) in [6, 6.07) is 9.49.